The summed E-state index contributed by atoms with van der Waals surface area (Å²) in [7, 11) is 0. The average Bonchev–Trinajstić information content (AvgIpc) is 3.00. The molecule has 4 saturated heterocycles. The third-order valence-corrected chi connectivity index (χ3v) is 5.81. The summed E-state index contributed by atoms with van der Waals surface area (Å²) in [5, 5.41) is 3.54. The predicted octanol–water partition coefficient (Wildman–Crippen LogP) is 0.866. The Labute approximate surface area is 115 Å². The van der Waals surface area contributed by atoms with Crippen LogP contribution < -0.4 is 5.32 Å². The molecular formula is C15H26N2O2. The maximum Gasteiger partial charge on any atom is 0.0741 e. The SMILES string of the molecule is C1CC2(CCO1)CC(N1CC3CNCC3C1)CCO2. The Bertz CT molecular complexity index is 313. The quantitative estimate of drug-likeness (QED) is 0.763. The van der Waals surface area contributed by atoms with Crippen molar-refractivity contribution < 1.29 is 9.47 Å². The van der Waals surface area contributed by atoms with E-state index in [1.165, 1.54) is 39.0 Å². The third kappa shape index (κ3) is 2.33. The molecule has 108 valence electrons. The summed E-state index contributed by atoms with van der Waals surface area (Å²) in [6.07, 6.45) is 4.68. The van der Waals surface area contributed by atoms with Crippen LogP contribution in [-0.4, -0.2) is 62.5 Å². The van der Waals surface area contributed by atoms with Crippen LogP contribution in [0.4, 0.5) is 0 Å². The number of ether oxygens (including phenoxy) is 2. The Morgan fingerprint density at radius 2 is 1.74 bits per heavy atom. The van der Waals surface area contributed by atoms with E-state index in [4.69, 9.17) is 9.47 Å². The molecule has 0 amide bonds. The van der Waals surface area contributed by atoms with Gasteiger partial charge in [-0.3, -0.25) is 4.90 Å². The molecule has 1 N–H and O–H groups in total. The van der Waals surface area contributed by atoms with E-state index in [0.29, 0.717) is 0 Å². The molecule has 4 rings (SSSR count). The monoisotopic (exact) mass is 266 g/mol. The van der Waals surface area contributed by atoms with Gasteiger partial charge in [0.05, 0.1) is 5.60 Å². The lowest BCUT2D eigenvalue weighted by Gasteiger charge is -2.45. The molecule has 0 aliphatic carbocycles. The topological polar surface area (TPSA) is 33.7 Å². The smallest absolute Gasteiger partial charge is 0.0741 e. The second kappa shape index (κ2) is 4.99. The molecular weight excluding hydrogens is 240 g/mol. The molecule has 0 radical (unpaired) electrons. The minimum atomic E-state index is 0.150. The molecule has 1 spiro atoms. The molecule has 0 aromatic carbocycles. The number of hydrogen-bond donors (Lipinski definition) is 1. The first-order valence-electron chi connectivity index (χ1n) is 8.01. The summed E-state index contributed by atoms with van der Waals surface area (Å²) in [4.78, 5) is 2.77. The predicted molar refractivity (Wildman–Crippen MR) is 73.2 cm³/mol. The summed E-state index contributed by atoms with van der Waals surface area (Å²) in [6, 6.07) is 0.762. The van der Waals surface area contributed by atoms with Crippen LogP contribution in [0.5, 0.6) is 0 Å². The molecule has 4 aliphatic heterocycles. The summed E-state index contributed by atoms with van der Waals surface area (Å²) in [6.45, 7) is 7.84. The molecule has 4 fully saturated rings. The van der Waals surface area contributed by atoms with Crippen LogP contribution in [0.1, 0.15) is 25.7 Å². The van der Waals surface area contributed by atoms with Crippen molar-refractivity contribution >= 4 is 0 Å². The van der Waals surface area contributed by atoms with E-state index in [0.717, 1.165) is 50.5 Å². The van der Waals surface area contributed by atoms with Crippen LogP contribution >= 0.6 is 0 Å². The molecule has 4 heteroatoms. The molecule has 0 aromatic rings. The zero-order valence-electron chi connectivity index (χ0n) is 11.8. The maximum atomic E-state index is 6.17. The standard InChI is InChI=1S/C15H26N2O2/c1-4-19-15(2-5-18-6-3-15)7-14(1)17-10-12-8-16-9-13(12)11-17/h12-14,16H,1-11H2. The van der Waals surface area contributed by atoms with Crippen molar-refractivity contribution in [2.45, 2.75) is 37.3 Å². The Morgan fingerprint density at radius 1 is 1.00 bits per heavy atom. The van der Waals surface area contributed by atoms with Gasteiger partial charge in [-0.15, -0.1) is 0 Å². The van der Waals surface area contributed by atoms with Crippen molar-refractivity contribution in [3.8, 4) is 0 Å². The molecule has 4 nitrogen and oxygen atoms in total. The zero-order valence-corrected chi connectivity index (χ0v) is 11.8. The van der Waals surface area contributed by atoms with Crippen LogP contribution in [0.3, 0.4) is 0 Å². The number of hydrogen-bond acceptors (Lipinski definition) is 4. The van der Waals surface area contributed by atoms with Gasteiger partial charge in [-0.1, -0.05) is 0 Å². The van der Waals surface area contributed by atoms with Gasteiger partial charge in [-0.2, -0.15) is 0 Å². The largest absolute Gasteiger partial charge is 0.381 e. The highest BCUT2D eigenvalue weighted by Gasteiger charge is 2.44. The van der Waals surface area contributed by atoms with Crippen LogP contribution in [0.2, 0.25) is 0 Å². The summed E-state index contributed by atoms with van der Waals surface area (Å²) in [5.74, 6) is 1.82. The fourth-order valence-electron chi connectivity index (χ4n) is 4.60. The van der Waals surface area contributed by atoms with Crippen molar-refractivity contribution in [2.75, 3.05) is 46.0 Å². The van der Waals surface area contributed by atoms with E-state index >= 15 is 0 Å². The minimum absolute atomic E-state index is 0.150. The first-order valence-corrected chi connectivity index (χ1v) is 8.01. The van der Waals surface area contributed by atoms with Gasteiger partial charge >= 0.3 is 0 Å². The van der Waals surface area contributed by atoms with Crippen molar-refractivity contribution in [3.05, 3.63) is 0 Å². The maximum absolute atomic E-state index is 6.17. The van der Waals surface area contributed by atoms with E-state index in [-0.39, 0.29) is 5.60 Å². The Hall–Kier alpha value is -0.160. The molecule has 0 bridgehead atoms. The van der Waals surface area contributed by atoms with Crippen molar-refractivity contribution in [3.63, 3.8) is 0 Å². The second-order valence-corrected chi connectivity index (χ2v) is 6.92. The normalized spacial score (nSPS) is 42.6. The van der Waals surface area contributed by atoms with Gasteiger partial charge in [0, 0.05) is 39.0 Å². The lowest BCUT2D eigenvalue weighted by Crippen LogP contribution is -2.51. The third-order valence-electron chi connectivity index (χ3n) is 5.81. The highest BCUT2D eigenvalue weighted by molar-refractivity contribution is 4.98. The van der Waals surface area contributed by atoms with Gasteiger partial charge in [0.2, 0.25) is 0 Å². The molecule has 0 saturated carbocycles. The molecule has 19 heavy (non-hydrogen) atoms. The van der Waals surface area contributed by atoms with E-state index < -0.39 is 0 Å². The number of nitrogens with one attached hydrogen (secondary N) is 1. The molecule has 3 atom stereocenters. The van der Waals surface area contributed by atoms with E-state index in [9.17, 15) is 0 Å². The van der Waals surface area contributed by atoms with Gasteiger partial charge in [0.25, 0.3) is 0 Å². The summed E-state index contributed by atoms with van der Waals surface area (Å²) >= 11 is 0. The number of rotatable bonds is 1. The van der Waals surface area contributed by atoms with E-state index in [2.05, 4.69) is 10.2 Å². The number of fused-ring (bicyclic) bond motifs is 1. The Morgan fingerprint density at radius 3 is 2.47 bits per heavy atom. The molecule has 3 unspecified atom stereocenters. The summed E-state index contributed by atoms with van der Waals surface area (Å²) in [5.41, 5.74) is 0.150. The number of nitrogens with zero attached hydrogens (tertiary/aromatic N) is 1. The van der Waals surface area contributed by atoms with Gasteiger partial charge in [0.1, 0.15) is 0 Å². The lowest BCUT2D eigenvalue weighted by atomic mass is 9.83. The highest BCUT2D eigenvalue weighted by Crippen LogP contribution is 2.38. The fraction of sp³-hybridized carbons (Fsp3) is 1.00. The van der Waals surface area contributed by atoms with E-state index in [1.807, 2.05) is 0 Å². The number of likely N-dealkylation sites (tertiary alicyclic amines) is 1. The van der Waals surface area contributed by atoms with Crippen molar-refractivity contribution in [1.29, 1.82) is 0 Å². The highest BCUT2D eigenvalue weighted by atomic mass is 16.5. The fourth-order valence-corrected chi connectivity index (χ4v) is 4.60. The Kier molecular flexibility index (Phi) is 3.30. The van der Waals surface area contributed by atoms with Crippen LogP contribution in [0, 0.1) is 11.8 Å². The van der Waals surface area contributed by atoms with Crippen LogP contribution in [0.15, 0.2) is 0 Å². The zero-order chi connectivity index (χ0) is 12.7. The lowest BCUT2D eigenvalue weighted by molar-refractivity contribution is -0.150. The molecule has 0 aromatic heterocycles. The van der Waals surface area contributed by atoms with Crippen molar-refractivity contribution in [2.24, 2.45) is 11.8 Å². The summed E-state index contributed by atoms with van der Waals surface area (Å²) < 4.78 is 11.7. The minimum Gasteiger partial charge on any atom is -0.381 e. The van der Waals surface area contributed by atoms with Gasteiger partial charge in [-0.25, -0.2) is 0 Å². The average molecular weight is 266 g/mol. The molecule has 4 heterocycles. The van der Waals surface area contributed by atoms with Gasteiger partial charge < -0.3 is 14.8 Å². The van der Waals surface area contributed by atoms with Gasteiger partial charge in [0.15, 0.2) is 0 Å². The molecule has 4 aliphatic rings. The van der Waals surface area contributed by atoms with Crippen molar-refractivity contribution in [1.82, 2.24) is 10.2 Å². The van der Waals surface area contributed by atoms with Crippen LogP contribution in [0.25, 0.3) is 0 Å². The Balaban J connectivity index is 1.41. The van der Waals surface area contributed by atoms with Gasteiger partial charge in [-0.05, 0) is 50.6 Å². The first-order chi connectivity index (χ1) is 9.35. The van der Waals surface area contributed by atoms with Crippen LogP contribution in [-0.2, 0) is 9.47 Å². The first kappa shape index (κ1) is 12.6. The van der Waals surface area contributed by atoms with E-state index in [1.54, 1.807) is 0 Å². The second-order valence-electron chi connectivity index (χ2n) is 6.92.